The molecule has 0 atom stereocenters. The van der Waals surface area contributed by atoms with Gasteiger partial charge < -0.3 is 5.73 Å². The lowest BCUT2D eigenvalue weighted by molar-refractivity contribution is 0.979. The molecule has 0 radical (unpaired) electrons. The first kappa shape index (κ1) is 7.71. The van der Waals surface area contributed by atoms with Crippen LogP contribution in [0.1, 0.15) is 5.56 Å². The van der Waals surface area contributed by atoms with Crippen molar-refractivity contribution in [2.45, 2.75) is 6.42 Å². The summed E-state index contributed by atoms with van der Waals surface area (Å²) in [7, 11) is 0. The number of fused-ring (bicyclic) bond motifs is 1. The van der Waals surface area contributed by atoms with Crippen LogP contribution in [0.15, 0.2) is 23.7 Å². The number of nitrogens with zero attached hydrogens (tertiary/aromatic N) is 1. The van der Waals surface area contributed by atoms with Crippen LogP contribution in [0.4, 0.5) is 0 Å². The average Bonchev–Trinajstić information content (AvgIpc) is 2.53. The zero-order valence-electron chi connectivity index (χ0n) is 6.66. The van der Waals surface area contributed by atoms with E-state index in [0.717, 1.165) is 11.9 Å². The molecule has 1 heterocycles. The van der Waals surface area contributed by atoms with Crippen molar-refractivity contribution in [2.75, 3.05) is 6.54 Å². The van der Waals surface area contributed by atoms with Crippen LogP contribution in [0.3, 0.4) is 0 Å². The van der Waals surface area contributed by atoms with Gasteiger partial charge in [0.15, 0.2) is 0 Å². The van der Waals surface area contributed by atoms with Gasteiger partial charge in [-0.1, -0.05) is 12.1 Å². The fraction of sp³-hybridized carbons (Fsp3) is 0.222. The minimum Gasteiger partial charge on any atom is -0.330 e. The molecule has 0 fully saturated rings. The van der Waals surface area contributed by atoms with E-state index in [1.807, 2.05) is 17.6 Å². The van der Waals surface area contributed by atoms with Crippen molar-refractivity contribution >= 4 is 21.6 Å². The van der Waals surface area contributed by atoms with Crippen LogP contribution in [0.25, 0.3) is 10.2 Å². The summed E-state index contributed by atoms with van der Waals surface area (Å²) in [6, 6.07) is 6.19. The van der Waals surface area contributed by atoms with E-state index in [0.29, 0.717) is 6.54 Å². The minimum absolute atomic E-state index is 0.705. The molecule has 1 aromatic carbocycles. The highest BCUT2D eigenvalue weighted by molar-refractivity contribution is 7.16. The molecule has 0 unspecified atom stereocenters. The molecule has 0 amide bonds. The Morgan fingerprint density at radius 1 is 1.42 bits per heavy atom. The van der Waals surface area contributed by atoms with Gasteiger partial charge in [-0.15, -0.1) is 11.3 Å². The van der Waals surface area contributed by atoms with Gasteiger partial charge >= 0.3 is 0 Å². The molecule has 0 saturated heterocycles. The summed E-state index contributed by atoms with van der Waals surface area (Å²) in [5, 5.41) is 0. The average molecular weight is 178 g/mol. The predicted molar refractivity (Wildman–Crippen MR) is 52.4 cm³/mol. The second kappa shape index (κ2) is 3.21. The van der Waals surface area contributed by atoms with Crippen molar-refractivity contribution in [3.63, 3.8) is 0 Å². The first-order chi connectivity index (χ1) is 5.92. The normalized spacial score (nSPS) is 10.8. The lowest BCUT2D eigenvalue weighted by Crippen LogP contribution is -2.02. The Bertz CT molecular complexity index is 381. The van der Waals surface area contributed by atoms with E-state index in [-0.39, 0.29) is 0 Å². The molecule has 0 aliphatic rings. The van der Waals surface area contributed by atoms with Gasteiger partial charge in [0.05, 0.1) is 15.7 Å². The van der Waals surface area contributed by atoms with Crippen LogP contribution in [0.2, 0.25) is 0 Å². The largest absolute Gasteiger partial charge is 0.330 e. The van der Waals surface area contributed by atoms with Gasteiger partial charge in [-0.25, -0.2) is 4.98 Å². The molecule has 0 saturated carbocycles. The summed E-state index contributed by atoms with van der Waals surface area (Å²) in [6.45, 7) is 0.705. The Balaban J connectivity index is 2.57. The molecule has 0 spiro atoms. The van der Waals surface area contributed by atoms with Gasteiger partial charge in [0.25, 0.3) is 0 Å². The fourth-order valence-corrected chi connectivity index (χ4v) is 2.13. The Morgan fingerprint density at radius 3 is 3.17 bits per heavy atom. The Hall–Kier alpha value is -0.930. The topological polar surface area (TPSA) is 38.9 Å². The zero-order chi connectivity index (χ0) is 8.39. The summed E-state index contributed by atoms with van der Waals surface area (Å²) in [4.78, 5) is 4.24. The van der Waals surface area contributed by atoms with Crippen LogP contribution in [-0.2, 0) is 6.42 Å². The van der Waals surface area contributed by atoms with Crippen LogP contribution in [0, 0.1) is 0 Å². The standard InChI is InChI=1S/C9H10N2S/c10-5-4-7-2-1-3-8-9(7)12-6-11-8/h1-3,6H,4-5,10H2. The van der Waals surface area contributed by atoms with E-state index >= 15 is 0 Å². The van der Waals surface area contributed by atoms with E-state index in [4.69, 9.17) is 5.73 Å². The van der Waals surface area contributed by atoms with Gasteiger partial charge in [-0.2, -0.15) is 0 Å². The monoisotopic (exact) mass is 178 g/mol. The molecule has 1 aromatic heterocycles. The number of hydrogen-bond acceptors (Lipinski definition) is 3. The smallest absolute Gasteiger partial charge is 0.0814 e. The second-order valence-electron chi connectivity index (χ2n) is 2.66. The van der Waals surface area contributed by atoms with Gasteiger partial charge in [0.1, 0.15) is 0 Å². The Labute approximate surface area is 75.0 Å². The Kier molecular flexibility index (Phi) is 2.06. The van der Waals surface area contributed by atoms with Crippen molar-refractivity contribution in [2.24, 2.45) is 5.73 Å². The third-order valence-corrected chi connectivity index (χ3v) is 2.77. The molecule has 0 bridgehead atoms. The first-order valence-corrected chi connectivity index (χ1v) is 4.81. The predicted octanol–water partition coefficient (Wildman–Crippen LogP) is 1.80. The van der Waals surface area contributed by atoms with Crippen molar-refractivity contribution in [1.29, 1.82) is 0 Å². The molecule has 12 heavy (non-hydrogen) atoms. The Morgan fingerprint density at radius 2 is 2.33 bits per heavy atom. The summed E-state index contributed by atoms with van der Waals surface area (Å²) >= 11 is 1.69. The van der Waals surface area contributed by atoms with E-state index in [1.54, 1.807) is 11.3 Å². The molecule has 0 aliphatic carbocycles. The third kappa shape index (κ3) is 1.21. The fourth-order valence-electron chi connectivity index (χ4n) is 1.30. The van der Waals surface area contributed by atoms with Gasteiger partial charge in [0, 0.05) is 0 Å². The van der Waals surface area contributed by atoms with E-state index in [9.17, 15) is 0 Å². The highest BCUT2D eigenvalue weighted by Gasteiger charge is 2.00. The number of nitrogens with two attached hydrogens (primary N) is 1. The van der Waals surface area contributed by atoms with E-state index in [2.05, 4.69) is 11.1 Å². The van der Waals surface area contributed by atoms with E-state index < -0.39 is 0 Å². The highest BCUT2D eigenvalue weighted by Crippen LogP contribution is 2.21. The molecule has 3 heteroatoms. The van der Waals surface area contributed by atoms with Crippen LogP contribution in [-0.4, -0.2) is 11.5 Å². The molecular formula is C9H10N2S. The summed E-state index contributed by atoms with van der Waals surface area (Å²) in [6.07, 6.45) is 0.944. The maximum Gasteiger partial charge on any atom is 0.0814 e. The molecule has 62 valence electrons. The third-order valence-electron chi connectivity index (χ3n) is 1.85. The number of thiazole rings is 1. The number of rotatable bonds is 2. The SMILES string of the molecule is NCCc1cccc2ncsc12. The highest BCUT2D eigenvalue weighted by atomic mass is 32.1. The van der Waals surface area contributed by atoms with Crippen LogP contribution < -0.4 is 5.73 Å². The van der Waals surface area contributed by atoms with Gasteiger partial charge in [0.2, 0.25) is 0 Å². The number of hydrogen-bond donors (Lipinski definition) is 1. The van der Waals surface area contributed by atoms with Gasteiger partial charge in [-0.3, -0.25) is 0 Å². The molecule has 2 rings (SSSR count). The number of benzene rings is 1. The molecule has 2 nitrogen and oxygen atoms in total. The molecular weight excluding hydrogens is 168 g/mol. The lowest BCUT2D eigenvalue weighted by atomic mass is 10.1. The maximum absolute atomic E-state index is 5.50. The summed E-state index contributed by atoms with van der Waals surface area (Å²) in [5.74, 6) is 0. The van der Waals surface area contributed by atoms with Crippen molar-refractivity contribution in [3.05, 3.63) is 29.3 Å². The van der Waals surface area contributed by atoms with Crippen LogP contribution in [0.5, 0.6) is 0 Å². The van der Waals surface area contributed by atoms with Crippen LogP contribution >= 0.6 is 11.3 Å². The maximum atomic E-state index is 5.50. The summed E-state index contributed by atoms with van der Waals surface area (Å²) < 4.78 is 1.28. The first-order valence-electron chi connectivity index (χ1n) is 3.93. The van der Waals surface area contributed by atoms with Crippen molar-refractivity contribution in [3.8, 4) is 0 Å². The quantitative estimate of drug-likeness (QED) is 0.761. The number of aromatic nitrogens is 1. The van der Waals surface area contributed by atoms with E-state index in [1.165, 1.54) is 10.3 Å². The van der Waals surface area contributed by atoms with Crippen molar-refractivity contribution < 1.29 is 0 Å². The molecule has 2 N–H and O–H groups in total. The zero-order valence-corrected chi connectivity index (χ0v) is 7.47. The second-order valence-corrected chi connectivity index (χ2v) is 3.51. The molecule has 0 aliphatic heterocycles. The summed E-state index contributed by atoms with van der Waals surface area (Å²) in [5.41, 5.74) is 9.79. The van der Waals surface area contributed by atoms with Crippen molar-refractivity contribution in [1.82, 2.24) is 4.98 Å². The molecule has 2 aromatic rings. The minimum atomic E-state index is 0.705. The lowest BCUT2D eigenvalue weighted by Gasteiger charge is -1.98. The van der Waals surface area contributed by atoms with Gasteiger partial charge in [-0.05, 0) is 24.6 Å².